The molecule has 0 aromatic heterocycles. The minimum absolute atomic E-state index is 0.567. The summed E-state index contributed by atoms with van der Waals surface area (Å²) in [6.07, 6.45) is 1.15. The zero-order valence-corrected chi connectivity index (χ0v) is 9.70. The Hall–Kier alpha value is -1.22. The molecule has 0 bridgehead atoms. The van der Waals surface area contributed by atoms with Gasteiger partial charge in [0.1, 0.15) is 0 Å². The molecule has 1 unspecified atom stereocenters. The summed E-state index contributed by atoms with van der Waals surface area (Å²) in [4.78, 5) is 2.42. The molecule has 0 aliphatic carbocycles. The number of para-hydroxylation sites is 1. The largest absolute Gasteiger partial charge is 0.380 e. The van der Waals surface area contributed by atoms with Crippen molar-refractivity contribution in [1.29, 1.82) is 0 Å². The van der Waals surface area contributed by atoms with Crippen molar-refractivity contribution in [2.75, 3.05) is 36.5 Å². The Kier molecular flexibility index (Phi) is 2.48. The van der Waals surface area contributed by atoms with Gasteiger partial charge in [0, 0.05) is 19.1 Å². The Labute approximate surface area is 96.4 Å². The third-order valence-corrected chi connectivity index (χ3v) is 3.40. The summed E-state index contributed by atoms with van der Waals surface area (Å²) in [7, 11) is 0. The van der Waals surface area contributed by atoms with Gasteiger partial charge in [0.05, 0.1) is 24.6 Å². The minimum Gasteiger partial charge on any atom is -0.380 e. The average Bonchev–Trinajstić information content (AvgIpc) is 2.70. The first-order chi connectivity index (χ1) is 7.84. The van der Waals surface area contributed by atoms with Crippen LogP contribution in [0.5, 0.6) is 0 Å². The zero-order chi connectivity index (χ0) is 11.0. The van der Waals surface area contributed by atoms with Crippen LogP contribution in [-0.2, 0) is 11.2 Å². The summed E-state index contributed by atoms with van der Waals surface area (Å²) in [5, 5.41) is 3.58. The molecule has 0 radical (unpaired) electrons. The third kappa shape index (κ3) is 1.65. The van der Waals surface area contributed by atoms with Gasteiger partial charge in [-0.05, 0) is 25.0 Å². The van der Waals surface area contributed by atoms with Gasteiger partial charge in [-0.1, -0.05) is 12.1 Å². The Morgan fingerprint density at radius 3 is 2.94 bits per heavy atom. The van der Waals surface area contributed by atoms with E-state index in [4.69, 9.17) is 4.74 Å². The predicted octanol–water partition coefficient (Wildman–Crippen LogP) is 1.88. The highest BCUT2D eigenvalue weighted by molar-refractivity contribution is 5.76. The standard InChI is InChI=1S/C13H18N2O/c1-10-9-11-3-2-4-12(13(11)14-10)15-5-7-16-8-6-15/h2-4,10,14H,5-9H2,1H3. The van der Waals surface area contributed by atoms with Crippen LogP contribution in [0.3, 0.4) is 0 Å². The molecule has 1 aromatic carbocycles. The molecule has 1 aromatic rings. The molecule has 1 saturated heterocycles. The van der Waals surface area contributed by atoms with Gasteiger partial charge in [-0.25, -0.2) is 0 Å². The molecule has 1 N–H and O–H groups in total. The zero-order valence-electron chi connectivity index (χ0n) is 9.70. The number of fused-ring (bicyclic) bond motifs is 1. The first kappa shape index (κ1) is 9.97. The number of nitrogens with zero attached hydrogens (tertiary/aromatic N) is 1. The van der Waals surface area contributed by atoms with Crippen molar-refractivity contribution in [3.63, 3.8) is 0 Å². The van der Waals surface area contributed by atoms with Crippen LogP contribution in [0.4, 0.5) is 11.4 Å². The molecular formula is C13H18N2O. The molecule has 0 amide bonds. The smallest absolute Gasteiger partial charge is 0.0642 e. The molecule has 3 rings (SSSR count). The molecular weight excluding hydrogens is 200 g/mol. The van der Waals surface area contributed by atoms with E-state index in [1.807, 2.05) is 0 Å². The van der Waals surface area contributed by atoms with Gasteiger partial charge < -0.3 is 15.0 Å². The van der Waals surface area contributed by atoms with E-state index in [0.717, 1.165) is 32.7 Å². The Morgan fingerprint density at radius 1 is 1.31 bits per heavy atom. The first-order valence-electron chi connectivity index (χ1n) is 6.06. The quantitative estimate of drug-likeness (QED) is 0.779. The van der Waals surface area contributed by atoms with E-state index in [1.54, 1.807) is 0 Å². The van der Waals surface area contributed by atoms with Crippen LogP contribution in [-0.4, -0.2) is 32.3 Å². The van der Waals surface area contributed by atoms with E-state index in [9.17, 15) is 0 Å². The second kappa shape index (κ2) is 3.98. The van der Waals surface area contributed by atoms with Gasteiger partial charge in [0.2, 0.25) is 0 Å². The number of morpholine rings is 1. The van der Waals surface area contributed by atoms with Crippen molar-refractivity contribution < 1.29 is 4.74 Å². The van der Waals surface area contributed by atoms with Gasteiger partial charge in [-0.3, -0.25) is 0 Å². The van der Waals surface area contributed by atoms with Crippen molar-refractivity contribution in [2.24, 2.45) is 0 Å². The summed E-state index contributed by atoms with van der Waals surface area (Å²) in [6, 6.07) is 7.19. The fourth-order valence-electron chi connectivity index (χ4n) is 2.62. The van der Waals surface area contributed by atoms with E-state index in [-0.39, 0.29) is 0 Å². The van der Waals surface area contributed by atoms with Crippen LogP contribution in [0.15, 0.2) is 18.2 Å². The molecule has 0 saturated carbocycles. The van der Waals surface area contributed by atoms with Gasteiger partial charge in [0.15, 0.2) is 0 Å². The SMILES string of the molecule is CC1Cc2cccc(N3CCOCC3)c2N1. The highest BCUT2D eigenvalue weighted by Gasteiger charge is 2.22. The van der Waals surface area contributed by atoms with Gasteiger partial charge in [0.25, 0.3) is 0 Å². The summed E-state index contributed by atoms with van der Waals surface area (Å²) >= 11 is 0. The highest BCUT2D eigenvalue weighted by Crippen LogP contribution is 2.35. The molecule has 1 atom stereocenters. The maximum absolute atomic E-state index is 5.40. The summed E-state index contributed by atoms with van der Waals surface area (Å²) in [6.45, 7) is 5.95. The fourth-order valence-corrected chi connectivity index (χ4v) is 2.62. The first-order valence-corrected chi connectivity index (χ1v) is 6.06. The van der Waals surface area contributed by atoms with E-state index in [0.29, 0.717) is 6.04 Å². The topological polar surface area (TPSA) is 24.5 Å². The van der Waals surface area contributed by atoms with Crippen LogP contribution in [0.1, 0.15) is 12.5 Å². The summed E-state index contributed by atoms with van der Waals surface area (Å²) < 4.78 is 5.40. The molecule has 86 valence electrons. The number of ether oxygens (including phenoxy) is 1. The predicted molar refractivity (Wildman–Crippen MR) is 66.3 cm³/mol. The molecule has 3 nitrogen and oxygen atoms in total. The number of anilines is 2. The molecule has 2 aliphatic rings. The summed E-state index contributed by atoms with van der Waals surface area (Å²) in [5.74, 6) is 0. The Bertz CT molecular complexity index is 386. The van der Waals surface area contributed by atoms with Crippen molar-refractivity contribution in [1.82, 2.24) is 0 Å². The lowest BCUT2D eigenvalue weighted by molar-refractivity contribution is 0.123. The van der Waals surface area contributed by atoms with E-state index in [1.165, 1.54) is 16.9 Å². The highest BCUT2D eigenvalue weighted by atomic mass is 16.5. The van der Waals surface area contributed by atoms with Crippen LogP contribution < -0.4 is 10.2 Å². The monoisotopic (exact) mass is 218 g/mol. The Morgan fingerprint density at radius 2 is 2.12 bits per heavy atom. The lowest BCUT2D eigenvalue weighted by Gasteiger charge is -2.30. The lowest BCUT2D eigenvalue weighted by Crippen LogP contribution is -2.36. The molecule has 2 aliphatic heterocycles. The van der Waals surface area contributed by atoms with Crippen LogP contribution in [0.2, 0.25) is 0 Å². The minimum atomic E-state index is 0.567. The normalized spacial score (nSPS) is 24.1. The molecule has 16 heavy (non-hydrogen) atoms. The molecule has 3 heteroatoms. The number of rotatable bonds is 1. The van der Waals surface area contributed by atoms with Crippen LogP contribution in [0, 0.1) is 0 Å². The van der Waals surface area contributed by atoms with E-state index < -0.39 is 0 Å². The maximum atomic E-state index is 5.40. The Balaban J connectivity index is 1.92. The van der Waals surface area contributed by atoms with Crippen molar-refractivity contribution in [3.05, 3.63) is 23.8 Å². The van der Waals surface area contributed by atoms with Crippen LogP contribution in [0.25, 0.3) is 0 Å². The van der Waals surface area contributed by atoms with Gasteiger partial charge >= 0.3 is 0 Å². The van der Waals surface area contributed by atoms with E-state index >= 15 is 0 Å². The molecule has 2 heterocycles. The maximum Gasteiger partial charge on any atom is 0.0642 e. The number of hydrogen-bond acceptors (Lipinski definition) is 3. The van der Waals surface area contributed by atoms with Crippen molar-refractivity contribution >= 4 is 11.4 Å². The number of hydrogen-bond donors (Lipinski definition) is 1. The van der Waals surface area contributed by atoms with Crippen molar-refractivity contribution in [2.45, 2.75) is 19.4 Å². The number of benzene rings is 1. The van der Waals surface area contributed by atoms with Crippen LogP contribution >= 0.6 is 0 Å². The second-order valence-corrected chi connectivity index (χ2v) is 4.66. The second-order valence-electron chi connectivity index (χ2n) is 4.66. The molecule has 1 fully saturated rings. The van der Waals surface area contributed by atoms with Crippen molar-refractivity contribution in [3.8, 4) is 0 Å². The third-order valence-electron chi connectivity index (χ3n) is 3.40. The van der Waals surface area contributed by atoms with Gasteiger partial charge in [-0.2, -0.15) is 0 Å². The van der Waals surface area contributed by atoms with Gasteiger partial charge in [-0.15, -0.1) is 0 Å². The number of nitrogens with one attached hydrogen (secondary N) is 1. The lowest BCUT2D eigenvalue weighted by atomic mass is 10.1. The molecule has 0 spiro atoms. The average molecular weight is 218 g/mol. The van der Waals surface area contributed by atoms with E-state index in [2.05, 4.69) is 35.3 Å². The summed E-state index contributed by atoms with van der Waals surface area (Å²) in [5.41, 5.74) is 4.15. The fraction of sp³-hybridized carbons (Fsp3) is 0.538.